The van der Waals surface area contributed by atoms with Crippen LogP contribution in [0.2, 0.25) is 0 Å². The number of ketones is 1. The van der Waals surface area contributed by atoms with Crippen molar-refractivity contribution in [2.75, 3.05) is 12.3 Å². The Morgan fingerprint density at radius 2 is 1.76 bits per heavy atom. The van der Waals surface area contributed by atoms with Crippen molar-refractivity contribution in [1.29, 1.82) is 0 Å². The van der Waals surface area contributed by atoms with E-state index in [9.17, 15) is 24.0 Å². The van der Waals surface area contributed by atoms with Crippen molar-refractivity contribution in [3.63, 3.8) is 0 Å². The minimum absolute atomic E-state index is 0.0343. The van der Waals surface area contributed by atoms with Gasteiger partial charge in [-0.25, -0.2) is 9.78 Å². The largest absolute Gasteiger partial charge is 0.457 e. The Hall–Kier alpha value is -4.02. The standard InChI is InChI=1S/C23H27N5O6/c1-4-5-12-28-16-9-7-6-8-14(16)25-15(21(28)31)10-11-18(30)34-13-17(29)19-20(24)26(2)23(33)27(3)22(19)32/h6-9H,4-5,10-13,24H2,1-3H3. The maximum Gasteiger partial charge on any atom is 0.332 e. The molecule has 0 bridgehead atoms. The van der Waals surface area contributed by atoms with E-state index >= 15 is 0 Å². The van der Waals surface area contributed by atoms with Gasteiger partial charge in [0.05, 0.1) is 17.5 Å². The molecule has 11 nitrogen and oxygen atoms in total. The van der Waals surface area contributed by atoms with E-state index in [1.165, 1.54) is 14.1 Å². The first-order valence-corrected chi connectivity index (χ1v) is 10.9. The quantitative estimate of drug-likeness (QED) is 0.352. The van der Waals surface area contributed by atoms with Crippen molar-refractivity contribution in [1.82, 2.24) is 18.7 Å². The Labute approximate surface area is 194 Å². The minimum Gasteiger partial charge on any atom is -0.457 e. The fourth-order valence-electron chi connectivity index (χ4n) is 3.58. The van der Waals surface area contributed by atoms with E-state index in [-0.39, 0.29) is 29.9 Å². The van der Waals surface area contributed by atoms with Crippen LogP contribution in [0.4, 0.5) is 5.82 Å². The summed E-state index contributed by atoms with van der Waals surface area (Å²) in [6.45, 7) is 1.85. The number of esters is 1. The third kappa shape index (κ3) is 4.82. The number of para-hydroxylation sites is 2. The molecule has 34 heavy (non-hydrogen) atoms. The zero-order valence-electron chi connectivity index (χ0n) is 19.4. The highest BCUT2D eigenvalue weighted by Gasteiger charge is 2.21. The average Bonchev–Trinajstić information content (AvgIpc) is 2.83. The minimum atomic E-state index is -0.866. The number of hydrogen-bond acceptors (Lipinski definition) is 8. The maximum atomic E-state index is 12.9. The number of anilines is 1. The molecular formula is C23H27N5O6. The molecule has 0 aliphatic rings. The van der Waals surface area contributed by atoms with E-state index in [2.05, 4.69) is 4.98 Å². The van der Waals surface area contributed by atoms with Crippen LogP contribution in [0.3, 0.4) is 0 Å². The lowest BCUT2D eigenvalue weighted by molar-refractivity contribution is -0.142. The number of benzene rings is 1. The van der Waals surface area contributed by atoms with Gasteiger partial charge in [0, 0.05) is 27.1 Å². The van der Waals surface area contributed by atoms with Crippen molar-refractivity contribution in [2.24, 2.45) is 14.1 Å². The van der Waals surface area contributed by atoms with E-state index < -0.39 is 35.2 Å². The molecule has 0 spiro atoms. The molecule has 3 aromatic rings. The number of ether oxygens (including phenoxy) is 1. The van der Waals surface area contributed by atoms with Gasteiger partial charge in [0.15, 0.2) is 6.61 Å². The molecule has 0 atom stereocenters. The van der Waals surface area contributed by atoms with Gasteiger partial charge >= 0.3 is 11.7 Å². The number of carbonyl (C=O) groups is 2. The highest BCUT2D eigenvalue weighted by atomic mass is 16.5. The first-order valence-electron chi connectivity index (χ1n) is 10.9. The molecule has 0 saturated carbocycles. The predicted molar refractivity (Wildman–Crippen MR) is 126 cm³/mol. The topological polar surface area (TPSA) is 148 Å². The molecule has 2 aromatic heterocycles. The van der Waals surface area contributed by atoms with E-state index in [1.807, 2.05) is 25.1 Å². The van der Waals surface area contributed by atoms with Gasteiger partial charge in [-0.3, -0.25) is 28.3 Å². The lowest BCUT2D eigenvalue weighted by atomic mass is 10.2. The first kappa shape index (κ1) is 24.6. The van der Waals surface area contributed by atoms with Crippen LogP contribution < -0.4 is 22.5 Å². The van der Waals surface area contributed by atoms with E-state index in [0.717, 1.165) is 27.5 Å². The zero-order chi connectivity index (χ0) is 25.0. The van der Waals surface area contributed by atoms with Crippen molar-refractivity contribution >= 4 is 28.6 Å². The van der Waals surface area contributed by atoms with Gasteiger partial charge in [-0.2, -0.15) is 0 Å². The van der Waals surface area contributed by atoms with E-state index in [4.69, 9.17) is 10.5 Å². The van der Waals surface area contributed by atoms with Crippen LogP contribution in [-0.4, -0.2) is 37.0 Å². The second-order valence-corrected chi connectivity index (χ2v) is 7.91. The number of nitrogens with two attached hydrogens (primary N) is 1. The van der Waals surface area contributed by atoms with Crippen LogP contribution in [0.1, 0.15) is 42.2 Å². The number of Topliss-reactive ketones (excluding diaryl/α,β-unsaturated/α-hetero) is 1. The summed E-state index contributed by atoms with van der Waals surface area (Å²) in [6.07, 6.45) is 1.60. The van der Waals surface area contributed by atoms with Gasteiger partial charge < -0.3 is 15.0 Å². The number of rotatable bonds is 9. The molecule has 2 N–H and O–H groups in total. The molecule has 0 unspecified atom stereocenters. The molecule has 11 heteroatoms. The number of nitrogen functional groups attached to an aromatic ring is 1. The van der Waals surface area contributed by atoms with Gasteiger partial charge in [0.1, 0.15) is 17.1 Å². The van der Waals surface area contributed by atoms with Gasteiger partial charge in [-0.15, -0.1) is 0 Å². The third-order valence-corrected chi connectivity index (χ3v) is 5.57. The Morgan fingerprint density at radius 1 is 1.06 bits per heavy atom. The molecule has 0 saturated heterocycles. The Bertz CT molecular complexity index is 1430. The van der Waals surface area contributed by atoms with Crippen molar-refractivity contribution < 1.29 is 14.3 Å². The molecule has 2 heterocycles. The predicted octanol–water partition coefficient (Wildman–Crippen LogP) is 0.535. The highest BCUT2D eigenvalue weighted by Crippen LogP contribution is 2.12. The SMILES string of the molecule is CCCCn1c(=O)c(CCC(=O)OCC(=O)c2c(N)n(C)c(=O)n(C)c2=O)nc2ccccc21. The van der Waals surface area contributed by atoms with Crippen LogP contribution >= 0.6 is 0 Å². The number of fused-ring (bicyclic) bond motifs is 1. The molecule has 0 fully saturated rings. The average molecular weight is 469 g/mol. The number of carbonyl (C=O) groups excluding carboxylic acids is 2. The summed E-state index contributed by atoms with van der Waals surface area (Å²) >= 11 is 0. The normalized spacial score (nSPS) is 11.0. The second kappa shape index (κ2) is 10.3. The number of nitrogens with zero attached hydrogens (tertiary/aromatic N) is 4. The number of aromatic nitrogens is 4. The summed E-state index contributed by atoms with van der Waals surface area (Å²) in [6, 6.07) is 7.29. The molecule has 0 radical (unpaired) electrons. The van der Waals surface area contributed by atoms with Crippen molar-refractivity contribution in [3.05, 3.63) is 66.7 Å². The second-order valence-electron chi connectivity index (χ2n) is 7.91. The molecular weight excluding hydrogens is 442 g/mol. The maximum absolute atomic E-state index is 12.9. The summed E-state index contributed by atoms with van der Waals surface area (Å²) in [5.74, 6) is -1.86. The monoisotopic (exact) mass is 469 g/mol. The Morgan fingerprint density at radius 3 is 2.47 bits per heavy atom. The Balaban J connectivity index is 1.72. The summed E-state index contributed by atoms with van der Waals surface area (Å²) in [5, 5.41) is 0. The smallest absolute Gasteiger partial charge is 0.332 e. The Kier molecular flexibility index (Phi) is 7.44. The van der Waals surface area contributed by atoms with Gasteiger partial charge in [0.2, 0.25) is 5.78 Å². The molecule has 3 rings (SSSR count). The van der Waals surface area contributed by atoms with Gasteiger partial charge in [-0.1, -0.05) is 25.5 Å². The lowest BCUT2D eigenvalue weighted by Crippen LogP contribution is -2.42. The third-order valence-electron chi connectivity index (χ3n) is 5.57. The zero-order valence-corrected chi connectivity index (χ0v) is 19.4. The molecule has 0 aliphatic heterocycles. The van der Waals surface area contributed by atoms with Gasteiger partial charge in [-0.05, 0) is 18.6 Å². The fourth-order valence-corrected chi connectivity index (χ4v) is 3.58. The van der Waals surface area contributed by atoms with E-state index in [1.54, 1.807) is 10.6 Å². The fraction of sp³-hybridized carbons (Fsp3) is 0.391. The van der Waals surface area contributed by atoms with Crippen molar-refractivity contribution in [2.45, 2.75) is 39.2 Å². The lowest BCUT2D eigenvalue weighted by Gasteiger charge is -2.12. The van der Waals surface area contributed by atoms with Crippen LogP contribution in [0, 0.1) is 0 Å². The van der Waals surface area contributed by atoms with Gasteiger partial charge in [0.25, 0.3) is 11.1 Å². The number of hydrogen-bond donors (Lipinski definition) is 1. The van der Waals surface area contributed by atoms with Crippen LogP contribution in [0.15, 0.2) is 38.6 Å². The molecule has 1 aromatic carbocycles. The van der Waals surface area contributed by atoms with Crippen LogP contribution in [0.25, 0.3) is 11.0 Å². The summed E-state index contributed by atoms with van der Waals surface area (Å²) < 4.78 is 8.38. The van der Waals surface area contributed by atoms with Crippen molar-refractivity contribution in [3.8, 4) is 0 Å². The number of unbranched alkanes of at least 4 members (excludes halogenated alkanes) is 1. The summed E-state index contributed by atoms with van der Waals surface area (Å²) in [7, 11) is 2.54. The highest BCUT2D eigenvalue weighted by molar-refractivity contribution is 6.01. The molecule has 0 amide bonds. The first-order chi connectivity index (χ1) is 16.2. The van der Waals surface area contributed by atoms with Crippen LogP contribution in [0.5, 0.6) is 0 Å². The summed E-state index contributed by atoms with van der Waals surface area (Å²) in [4.78, 5) is 66.2. The summed E-state index contributed by atoms with van der Waals surface area (Å²) in [5.41, 5.74) is 5.13. The van der Waals surface area contributed by atoms with Crippen LogP contribution in [-0.2, 0) is 36.6 Å². The van der Waals surface area contributed by atoms with E-state index in [0.29, 0.717) is 12.1 Å². The molecule has 180 valence electrons. The number of aryl methyl sites for hydroxylation is 2. The molecule has 0 aliphatic carbocycles.